The average molecular weight is 953 g/mol. The minimum atomic E-state index is -0.0695. The van der Waals surface area contributed by atoms with Crippen molar-refractivity contribution in [3.63, 3.8) is 0 Å². The predicted molar refractivity (Wildman–Crippen MR) is 307 cm³/mol. The molecule has 0 spiro atoms. The van der Waals surface area contributed by atoms with Crippen molar-refractivity contribution in [3.8, 4) is 27.9 Å². The Labute approximate surface area is 432 Å². The maximum absolute atomic E-state index is 7.03. The van der Waals surface area contributed by atoms with E-state index < -0.39 is 0 Å². The Kier molecular flexibility index (Phi) is 7.64. The fourth-order valence-corrected chi connectivity index (χ4v) is 19.5. The molecule has 2 aromatic heterocycles. The first-order valence-corrected chi connectivity index (χ1v) is 28.5. The van der Waals surface area contributed by atoms with Crippen molar-refractivity contribution in [2.24, 2.45) is 35.5 Å². The molecule has 9 aromatic carbocycles. The van der Waals surface area contributed by atoms with Crippen LogP contribution in [0.15, 0.2) is 168 Å². The zero-order chi connectivity index (χ0) is 47.8. The van der Waals surface area contributed by atoms with Crippen molar-refractivity contribution in [2.45, 2.75) is 87.9 Å². The van der Waals surface area contributed by atoms with E-state index in [4.69, 9.17) is 4.42 Å². The first kappa shape index (κ1) is 40.4. The molecule has 0 unspecified atom stereocenters. The van der Waals surface area contributed by atoms with Gasteiger partial charge < -0.3 is 13.8 Å². The van der Waals surface area contributed by atoms with Gasteiger partial charge in [-0.25, -0.2) is 0 Å². The van der Waals surface area contributed by atoms with Gasteiger partial charge in [-0.05, 0) is 233 Å². The Morgan fingerprint density at radius 1 is 0.432 bits per heavy atom. The highest BCUT2D eigenvalue weighted by Gasteiger charge is 2.54. The van der Waals surface area contributed by atoms with E-state index in [9.17, 15) is 0 Å². The fraction of sp³-hybridized carbons (Fsp3) is 0.286. The molecule has 8 aliphatic carbocycles. The molecule has 3 nitrogen and oxygen atoms in total. The summed E-state index contributed by atoms with van der Waals surface area (Å²) in [7, 11) is 0. The summed E-state index contributed by atoms with van der Waals surface area (Å²) in [6.45, 7) is -0.0695. The Morgan fingerprint density at radius 2 is 1.01 bits per heavy atom. The second-order valence-electron chi connectivity index (χ2n) is 25.7. The largest absolute Gasteiger partial charge is 0.456 e. The van der Waals surface area contributed by atoms with Gasteiger partial charge in [0.05, 0.1) is 16.7 Å². The fourth-order valence-electron chi connectivity index (χ4n) is 19.5. The van der Waals surface area contributed by atoms with E-state index in [-0.39, 0.29) is 12.3 Å². The first-order valence-electron chi connectivity index (χ1n) is 28.5. The maximum atomic E-state index is 7.03. The van der Waals surface area contributed by atoms with Gasteiger partial charge in [0.1, 0.15) is 11.2 Å². The van der Waals surface area contributed by atoms with Gasteiger partial charge >= 0.3 is 6.85 Å². The van der Waals surface area contributed by atoms with Gasteiger partial charge in [0.2, 0.25) is 0 Å². The van der Waals surface area contributed by atoms with Crippen LogP contribution in [0.3, 0.4) is 0 Å². The summed E-state index contributed by atoms with van der Waals surface area (Å²) >= 11 is 0. The molecule has 74 heavy (non-hydrogen) atoms. The van der Waals surface area contributed by atoms with Gasteiger partial charge in [0.15, 0.2) is 0 Å². The lowest BCUT2D eigenvalue weighted by molar-refractivity contribution is -0.00526. The molecule has 2 aliphatic heterocycles. The molecule has 0 atom stereocenters. The molecule has 8 saturated carbocycles. The van der Waals surface area contributed by atoms with Gasteiger partial charge in [-0.1, -0.05) is 103 Å². The molecular formula is C70H57BN2O. The van der Waals surface area contributed by atoms with E-state index in [1.807, 2.05) is 0 Å². The minimum Gasteiger partial charge on any atom is -0.456 e. The zero-order valence-corrected chi connectivity index (χ0v) is 41.9. The van der Waals surface area contributed by atoms with Crippen molar-refractivity contribution in [2.75, 3.05) is 4.81 Å². The highest BCUT2D eigenvalue weighted by molar-refractivity contribution is 6.94. The summed E-state index contributed by atoms with van der Waals surface area (Å²) in [5.41, 5.74) is 20.3. The van der Waals surface area contributed by atoms with E-state index in [1.54, 1.807) is 11.1 Å². The smallest absolute Gasteiger partial charge is 0.333 e. The number of rotatable bonds is 4. The summed E-state index contributed by atoms with van der Waals surface area (Å²) in [4.78, 5) is 2.76. The summed E-state index contributed by atoms with van der Waals surface area (Å²) in [5, 5.41) is 10.4. The minimum absolute atomic E-state index is 0.0695. The molecule has 0 amide bonds. The van der Waals surface area contributed by atoms with Crippen LogP contribution < -0.4 is 15.7 Å². The third-order valence-corrected chi connectivity index (χ3v) is 21.6. The Balaban J connectivity index is 0.937. The normalized spacial score (nSPS) is 27.7. The summed E-state index contributed by atoms with van der Waals surface area (Å²) < 4.78 is 9.83. The van der Waals surface area contributed by atoms with Crippen LogP contribution in [-0.2, 0) is 10.8 Å². The standard InChI is InChI=1S/C70H57BN2O/c1-2-8-46(9-3-1)47-14-17-53(18-15-47)73-63-33-65-58(57-26-48-10-4-5-11-49(48)28-64(57)74-65)32-56(63)59-27-50-12-6-7-13-54(50)68-66(59)71(73)61-31-52(70-37-43-23-44(38-70)25-45(24-43)39-70)30-60-55-29-51(16-19-62(55)72(68)67(60)61)69-34-40-20-41(35-69)22-42(21-40)36-69/h1-19,26-33,40-45H,20-25,34-39H2. The second kappa shape index (κ2) is 14.0. The van der Waals surface area contributed by atoms with Crippen molar-refractivity contribution >= 4 is 94.4 Å². The number of benzene rings is 9. The van der Waals surface area contributed by atoms with Crippen LogP contribution in [0.1, 0.15) is 88.2 Å². The Hall–Kier alpha value is -7.04. The third-order valence-electron chi connectivity index (χ3n) is 21.6. The number of furan rings is 1. The Morgan fingerprint density at radius 3 is 1.72 bits per heavy atom. The van der Waals surface area contributed by atoms with E-state index in [0.717, 1.165) is 46.7 Å². The van der Waals surface area contributed by atoms with Crippen molar-refractivity contribution in [3.05, 3.63) is 175 Å². The van der Waals surface area contributed by atoms with Crippen LogP contribution >= 0.6 is 0 Å². The van der Waals surface area contributed by atoms with Crippen LogP contribution in [-0.4, -0.2) is 11.4 Å². The molecule has 0 saturated heterocycles. The number of aromatic nitrogens is 1. The van der Waals surface area contributed by atoms with Gasteiger partial charge in [-0.15, -0.1) is 0 Å². The van der Waals surface area contributed by atoms with Crippen molar-refractivity contribution in [1.29, 1.82) is 0 Å². The molecule has 10 aliphatic rings. The van der Waals surface area contributed by atoms with E-state index in [0.29, 0.717) is 5.41 Å². The zero-order valence-electron chi connectivity index (χ0n) is 41.9. The maximum Gasteiger partial charge on any atom is 0.333 e. The highest BCUT2D eigenvalue weighted by atomic mass is 16.3. The third kappa shape index (κ3) is 5.30. The van der Waals surface area contributed by atoms with Crippen molar-refractivity contribution < 1.29 is 4.42 Å². The number of hydrogen-bond donors (Lipinski definition) is 0. The molecule has 21 rings (SSSR count). The van der Waals surface area contributed by atoms with Crippen LogP contribution in [0.4, 0.5) is 11.4 Å². The SMILES string of the molecule is c1ccc(-c2ccc(N3B4c5c(cc6ccccc6c5-n5c6ccc(C78CC9CC(CC(C9)C7)C8)cc6c6cc(C78CC9CC(CC(C9)C7)C8)cc4c65)-c4cc5c(cc43)oc3cc4ccccc4cc35)cc2)cc1. The lowest BCUT2D eigenvalue weighted by atomic mass is 9.42. The quantitative estimate of drug-likeness (QED) is 0.164. The topological polar surface area (TPSA) is 21.3 Å². The molecule has 356 valence electrons. The molecule has 0 N–H and O–H groups in total. The Bertz CT molecular complexity index is 4220. The second-order valence-corrected chi connectivity index (χ2v) is 25.7. The van der Waals surface area contributed by atoms with Crippen LogP contribution in [0, 0.1) is 35.5 Å². The van der Waals surface area contributed by atoms with E-state index in [2.05, 4.69) is 173 Å². The van der Waals surface area contributed by atoms with Gasteiger partial charge in [-0.2, -0.15) is 0 Å². The van der Waals surface area contributed by atoms with E-state index in [1.165, 1.54) is 181 Å². The van der Waals surface area contributed by atoms with Crippen LogP contribution in [0.2, 0.25) is 0 Å². The summed E-state index contributed by atoms with van der Waals surface area (Å²) in [6.07, 6.45) is 17.0. The van der Waals surface area contributed by atoms with Gasteiger partial charge in [0, 0.05) is 49.9 Å². The monoisotopic (exact) mass is 952 g/mol. The average Bonchev–Trinajstić information content (AvgIpc) is 3.97. The van der Waals surface area contributed by atoms with Gasteiger partial charge in [-0.3, -0.25) is 0 Å². The van der Waals surface area contributed by atoms with Crippen LogP contribution in [0.25, 0.3) is 93.2 Å². The van der Waals surface area contributed by atoms with Crippen molar-refractivity contribution in [1.82, 2.24) is 4.57 Å². The predicted octanol–water partition coefficient (Wildman–Crippen LogP) is 16.8. The lowest BCUT2D eigenvalue weighted by Gasteiger charge is -2.57. The first-order chi connectivity index (χ1) is 36.5. The molecule has 4 heterocycles. The molecule has 11 aromatic rings. The number of fused-ring (bicyclic) bond motifs is 13. The lowest BCUT2D eigenvalue weighted by Crippen LogP contribution is -2.61. The summed E-state index contributed by atoms with van der Waals surface area (Å²) in [5.74, 6) is 5.30. The summed E-state index contributed by atoms with van der Waals surface area (Å²) in [6, 6.07) is 64.2. The van der Waals surface area contributed by atoms with Crippen LogP contribution in [0.5, 0.6) is 0 Å². The molecular weight excluding hydrogens is 896 g/mol. The highest BCUT2D eigenvalue weighted by Crippen LogP contribution is 2.63. The molecule has 8 fully saturated rings. The number of anilines is 2. The van der Waals surface area contributed by atoms with E-state index >= 15 is 0 Å². The van der Waals surface area contributed by atoms with Gasteiger partial charge in [0.25, 0.3) is 0 Å². The number of nitrogens with zero attached hydrogens (tertiary/aromatic N) is 2. The number of hydrogen-bond acceptors (Lipinski definition) is 2. The molecule has 0 radical (unpaired) electrons. The molecule has 8 bridgehead atoms. The molecule has 4 heteroatoms.